The summed E-state index contributed by atoms with van der Waals surface area (Å²) in [4.78, 5) is 12.5. The molecular formula is C20H30N2O4S. The molecule has 0 aromatic heterocycles. The third-order valence-electron chi connectivity index (χ3n) is 5.44. The minimum atomic E-state index is -3.51. The molecule has 1 atom stereocenters. The van der Waals surface area contributed by atoms with E-state index < -0.39 is 16.1 Å². The van der Waals surface area contributed by atoms with Crippen LogP contribution in [0.5, 0.6) is 5.75 Å². The van der Waals surface area contributed by atoms with Crippen LogP contribution in [0.25, 0.3) is 0 Å². The summed E-state index contributed by atoms with van der Waals surface area (Å²) >= 11 is 0. The summed E-state index contributed by atoms with van der Waals surface area (Å²) in [7, 11) is -3.51. The molecule has 1 aromatic carbocycles. The van der Waals surface area contributed by atoms with Crippen molar-refractivity contribution in [3.8, 4) is 5.75 Å². The lowest BCUT2D eigenvalue weighted by Gasteiger charge is -2.24. The molecule has 2 N–H and O–H groups in total. The Bertz CT molecular complexity index is 721. The number of hydrogen-bond donors (Lipinski definition) is 2. The topological polar surface area (TPSA) is 84.5 Å². The quantitative estimate of drug-likeness (QED) is 0.744. The predicted molar refractivity (Wildman–Crippen MR) is 104 cm³/mol. The molecule has 2 fully saturated rings. The highest BCUT2D eigenvalue weighted by Gasteiger charge is 2.24. The average Bonchev–Trinajstić information content (AvgIpc) is 3.15. The highest BCUT2D eigenvalue weighted by molar-refractivity contribution is 7.89. The highest BCUT2D eigenvalue weighted by Crippen LogP contribution is 2.22. The first-order chi connectivity index (χ1) is 12.9. The van der Waals surface area contributed by atoms with Crippen LogP contribution in [0, 0.1) is 0 Å². The van der Waals surface area contributed by atoms with Crippen LogP contribution in [0.15, 0.2) is 29.2 Å². The summed E-state index contributed by atoms with van der Waals surface area (Å²) in [6, 6.07) is 6.54. The summed E-state index contributed by atoms with van der Waals surface area (Å²) in [5, 5.41) is 3.05. The zero-order valence-corrected chi connectivity index (χ0v) is 16.8. The average molecular weight is 395 g/mol. The van der Waals surface area contributed by atoms with Gasteiger partial charge in [-0.15, -0.1) is 0 Å². The lowest BCUT2D eigenvalue weighted by molar-refractivity contribution is -0.128. The molecule has 0 heterocycles. The van der Waals surface area contributed by atoms with Crippen LogP contribution >= 0.6 is 0 Å². The third-order valence-corrected chi connectivity index (χ3v) is 6.98. The molecule has 0 spiro atoms. The molecule has 0 bridgehead atoms. The van der Waals surface area contributed by atoms with Crippen LogP contribution in [-0.4, -0.2) is 32.5 Å². The van der Waals surface area contributed by atoms with Gasteiger partial charge in [0, 0.05) is 12.1 Å². The van der Waals surface area contributed by atoms with Crippen molar-refractivity contribution < 1.29 is 17.9 Å². The predicted octanol–water partition coefficient (Wildman–Crippen LogP) is 3.12. The minimum Gasteiger partial charge on any atom is -0.481 e. The fraction of sp³-hybridized carbons (Fsp3) is 0.650. The van der Waals surface area contributed by atoms with Gasteiger partial charge >= 0.3 is 0 Å². The summed E-state index contributed by atoms with van der Waals surface area (Å²) < 4.78 is 33.3. The fourth-order valence-electron chi connectivity index (χ4n) is 3.85. The molecule has 7 heteroatoms. The van der Waals surface area contributed by atoms with Gasteiger partial charge in [0.2, 0.25) is 10.0 Å². The number of amides is 1. The van der Waals surface area contributed by atoms with E-state index >= 15 is 0 Å². The van der Waals surface area contributed by atoms with Gasteiger partial charge in [0.25, 0.3) is 5.91 Å². The van der Waals surface area contributed by atoms with Crippen molar-refractivity contribution in [2.45, 2.75) is 87.8 Å². The first-order valence-corrected chi connectivity index (χ1v) is 11.5. The first kappa shape index (κ1) is 20.1. The molecule has 1 amide bonds. The van der Waals surface area contributed by atoms with E-state index in [0.29, 0.717) is 5.75 Å². The van der Waals surface area contributed by atoms with Gasteiger partial charge in [-0.05, 0) is 56.9 Å². The first-order valence-electron chi connectivity index (χ1n) is 10.0. The zero-order chi connectivity index (χ0) is 19.3. The molecule has 2 aliphatic carbocycles. The summed E-state index contributed by atoms with van der Waals surface area (Å²) in [5.41, 5.74) is 0. The number of rotatable bonds is 7. The number of carbonyl (C=O) groups excluding carboxylic acids is 1. The number of sulfonamides is 1. The second-order valence-corrected chi connectivity index (χ2v) is 9.39. The molecule has 3 rings (SSSR count). The Kier molecular flexibility index (Phi) is 6.76. The Labute approximate surface area is 162 Å². The SMILES string of the molecule is C[C@@H](Oc1ccc(S(=O)(=O)NC2CCCC2)cc1)C(=O)NC1CCCCC1. The molecule has 0 radical (unpaired) electrons. The largest absolute Gasteiger partial charge is 0.481 e. The van der Waals surface area contributed by atoms with Gasteiger partial charge in [0.1, 0.15) is 5.75 Å². The molecule has 27 heavy (non-hydrogen) atoms. The Hall–Kier alpha value is -1.60. The molecule has 0 aliphatic heterocycles. The van der Waals surface area contributed by atoms with E-state index in [-0.39, 0.29) is 22.9 Å². The fourth-order valence-corrected chi connectivity index (χ4v) is 5.16. The van der Waals surface area contributed by atoms with Gasteiger partial charge in [0.05, 0.1) is 4.90 Å². The summed E-state index contributed by atoms with van der Waals surface area (Å²) in [6.07, 6.45) is 8.92. The monoisotopic (exact) mass is 394 g/mol. The van der Waals surface area contributed by atoms with Crippen LogP contribution in [0.1, 0.15) is 64.7 Å². The van der Waals surface area contributed by atoms with Crippen molar-refractivity contribution in [3.63, 3.8) is 0 Å². The Morgan fingerprint density at radius 3 is 2.15 bits per heavy atom. The zero-order valence-electron chi connectivity index (χ0n) is 15.9. The van der Waals surface area contributed by atoms with E-state index in [9.17, 15) is 13.2 Å². The number of carbonyl (C=O) groups is 1. The number of benzene rings is 1. The maximum Gasteiger partial charge on any atom is 0.260 e. The van der Waals surface area contributed by atoms with E-state index in [1.54, 1.807) is 19.1 Å². The van der Waals surface area contributed by atoms with Crippen molar-refractivity contribution in [1.82, 2.24) is 10.0 Å². The van der Waals surface area contributed by atoms with Crippen LogP contribution in [0.2, 0.25) is 0 Å². The lowest BCUT2D eigenvalue weighted by atomic mass is 9.95. The van der Waals surface area contributed by atoms with Gasteiger partial charge in [-0.2, -0.15) is 0 Å². The van der Waals surface area contributed by atoms with E-state index in [1.165, 1.54) is 18.6 Å². The van der Waals surface area contributed by atoms with E-state index in [1.807, 2.05) is 0 Å². The van der Waals surface area contributed by atoms with E-state index in [4.69, 9.17) is 4.74 Å². The second-order valence-electron chi connectivity index (χ2n) is 7.68. The van der Waals surface area contributed by atoms with E-state index in [2.05, 4.69) is 10.0 Å². The van der Waals surface area contributed by atoms with Crippen LogP contribution in [0.4, 0.5) is 0 Å². The maximum atomic E-state index is 12.4. The van der Waals surface area contributed by atoms with Crippen molar-refractivity contribution in [2.24, 2.45) is 0 Å². The Morgan fingerprint density at radius 1 is 0.963 bits per heavy atom. The molecule has 2 aliphatic rings. The van der Waals surface area contributed by atoms with Gasteiger partial charge in [-0.25, -0.2) is 13.1 Å². The van der Waals surface area contributed by atoms with Crippen molar-refractivity contribution in [1.29, 1.82) is 0 Å². The lowest BCUT2D eigenvalue weighted by Crippen LogP contribution is -2.43. The molecule has 0 unspecified atom stereocenters. The smallest absolute Gasteiger partial charge is 0.260 e. The van der Waals surface area contributed by atoms with Crippen molar-refractivity contribution >= 4 is 15.9 Å². The third kappa shape index (κ3) is 5.69. The van der Waals surface area contributed by atoms with Gasteiger partial charge in [0.15, 0.2) is 6.10 Å². The molecular weight excluding hydrogens is 364 g/mol. The van der Waals surface area contributed by atoms with E-state index in [0.717, 1.165) is 51.4 Å². The van der Waals surface area contributed by atoms with Gasteiger partial charge < -0.3 is 10.1 Å². The van der Waals surface area contributed by atoms with Crippen LogP contribution in [-0.2, 0) is 14.8 Å². The molecule has 6 nitrogen and oxygen atoms in total. The minimum absolute atomic E-state index is 0.0365. The van der Waals surface area contributed by atoms with Crippen LogP contribution < -0.4 is 14.8 Å². The molecule has 150 valence electrons. The Balaban J connectivity index is 1.53. The van der Waals surface area contributed by atoms with Gasteiger partial charge in [-0.3, -0.25) is 4.79 Å². The standard InChI is InChI=1S/C20H30N2O4S/c1-15(20(23)21-16-7-3-2-4-8-16)26-18-11-13-19(14-12-18)27(24,25)22-17-9-5-6-10-17/h11-17,22H,2-10H2,1H3,(H,21,23)/t15-/m1/s1. The normalized spacial score (nSPS) is 20.3. The maximum absolute atomic E-state index is 12.4. The number of ether oxygens (including phenoxy) is 1. The van der Waals surface area contributed by atoms with Crippen molar-refractivity contribution in [3.05, 3.63) is 24.3 Å². The van der Waals surface area contributed by atoms with Crippen molar-refractivity contribution in [2.75, 3.05) is 0 Å². The molecule has 2 saturated carbocycles. The molecule has 0 saturated heterocycles. The molecule has 1 aromatic rings. The van der Waals surface area contributed by atoms with Crippen LogP contribution in [0.3, 0.4) is 0 Å². The van der Waals surface area contributed by atoms with Gasteiger partial charge in [-0.1, -0.05) is 32.1 Å². The summed E-state index contributed by atoms with van der Waals surface area (Å²) in [5.74, 6) is 0.364. The summed E-state index contributed by atoms with van der Waals surface area (Å²) in [6.45, 7) is 1.71. The number of nitrogens with one attached hydrogen (secondary N) is 2. The second kappa shape index (κ2) is 9.06. The highest BCUT2D eigenvalue weighted by atomic mass is 32.2. The number of hydrogen-bond acceptors (Lipinski definition) is 4. The Morgan fingerprint density at radius 2 is 1.52 bits per heavy atom.